The van der Waals surface area contributed by atoms with Gasteiger partial charge in [-0.1, -0.05) is 58.6 Å². The lowest BCUT2D eigenvalue weighted by atomic mass is 10.7. The van der Waals surface area contributed by atoms with Crippen molar-refractivity contribution < 1.29 is 0 Å². The summed E-state index contributed by atoms with van der Waals surface area (Å²) < 4.78 is -1.37. The van der Waals surface area contributed by atoms with E-state index < -0.39 is 14.1 Å². The van der Waals surface area contributed by atoms with Crippen LogP contribution in [-0.4, -0.2) is 14.1 Å². The molecule has 0 aliphatic heterocycles. The lowest BCUT2D eigenvalue weighted by Crippen LogP contribution is -2.46. The molecule has 0 aromatic rings. The Hall–Kier alpha value is 1.22. The Kier molecular flexibility index (Phi) is 2.40. The maximum Gasteiger partial charge on any atom is 0.166 e. The molecule has 18 heavy (non-hydrogen) atoms. The highest BCUT2D eigenvalue weighted by molar-refractivity contribution is 6.65. The zero-order valence-corrected chi connectivity index (χ0v) is 13.5. The van der Waals surface area contributed by atoms with Gasteiger partial charge in [0.2, 0.25) is 0 Å². The summed E-state index contributed by atoms with van der Waals surface area (Å²) in [5.74, 6) is 0.815. The van der Waals surface area contributed by atoms with Gasteiger partial charge >= 0.3 is 0 Å². The molecule has 98 valence electrons. The van der Waals surface area contributed by atoms with Crippen molar-refractivity contribution in [3.8, 4) is 0 Å². The first-order valence-electron chi connectivity index (χ1n) is 5.78. The summed E-state index contributed by atoms with van der Waals surface area (Å²) in [7, 11) is 0. The van der Waals surface area contributed by atoms with E-state index in [-0.39, 0.29) is 11.8 Å². The second kappa shape index (κ2) is 3.34. The second-order valence-corrected chi connectivity index (χ2v) is 8.90. The van der Waals surface area contributed by atoms with Crippen molar-refractivity contribution in [2.24, 2.45) is 23.7 Å². The fourth-order valence-electron chi connectivity index (χ4n) is 4.48. The fourth-order valence-corrected chi connectivity index (χ4v) is 7.61. The summed E-state index contributed by atoms with van der Waals surface area (Å²) in [6, 6.07) is 0. The quantitative estimate of drug-likeness (QED) is 0.234. The van der Waals surface area contributed by atoms with E-state index in [1.165, 1.54) is 0 Å². The summed E-state index contributed by atoms with van der Waals surface area (Å²) in [5, 5.41) is 0.654. The van der Waals surface area contributed by atoms with Gasteiger partial charge in [0.15, 0.2) is 4.33 Å². The zero-order chi connectivity index (χ0) is 13.1. The van der Waals surface area contributed by atoms with E-state index in [2.05, 4.69) is 12.2 Å². The van der Waals surface area contributed by atoms with E-state index in [0.717, 1.165) is 6.42 Å². The predicted molar refractivity (Wildman–Crippen MR) is 78.1 cm³/mol. The minimum absolute atomic E-state index is 0.0664. The Balaban J connectivity index is 2.03. The molecule has 0 amide bonds. The molecule has 0 radical (unpaired) electrons. The Morgan fingerprint density at radius 1 is 0.833 bits per heavy atom. The number of halogens is 6. The highest BCUT2D eigenvalue weighted by atomic mass is 35.5. The lowest BCUT2D eigenvalue weighted by molar-refractivity contribution is 0.305. The van der Waals surface area contributed by atoms with Crippen LogP contribution in [0.2, 0.25) is 0 Å². The molecule has 4 rings (SSSR count). The number of hydrogen-bond acceptors (Lipinski definition) is 0. The predicted octanol–water partition coefficient (Wildman–Crippen LogP) is 5.27. The van der Waals surface area contributed by atoms with Crippen molar-refractivity contribution in [1.82, 2.24) is 0 Å². The molecule has 0 unspecified atom stereocenters. The Morgan fingerprint density at radius 2 is 1.22 bits per heavy atom. The van der Waals surface area contributed by atoms with Crippen molar-refractivity contribution >= 4 is 69.6 Å². The first kappa shape index (κ1) is 12.9. The van der Waals surface area contributed by atoms with Crippen LogP contribution in [-0.2, 0) is 0 Å². The van der Waals surface area contributed by atoms with Crippen LogP contribution in [0.5, 0.6) is 0 Å². The summed E-state index contributed by atoms with van der Waals surface area (Å²) in [5.41, 5.74) is 0. The van der Waals surface area contributed by atoms with Crippen LogP contribution in [0, 0.1) is 23.7 Å². The topological polar surface area (TPSA) is 0 Å². The number of hydrogen-bond donors (Lipinski definition) is 0. The molecular weight excluding hydrogens is 369 g/mol. The third-order valence-corrected chi connectivity index (χ3v) is 9.42. The molecule has 6 heteroatoms. The van der Waals surface area contributed by atoms with Gasteiger partial charge in [-0.25, -0.2) is 0 Å². The molecule has 0 aromatic heterocycles. The molecule has 2 fully saturated rings. The molecule has 0 nitrogen and oxygen atoms in total. The van der Waals surface area contributed by atoms with Crippen LogP contribution in [0.1, 0.15) is 6.42 Å². The van der Waals surface area contributed by atoms with Crippen molar-refractivity contribution in [3.05, 3.63) is 22.2 Å². The van der Waals surface area contributed by atoms with Crippen LogP contribution in [0.3, 0.4) is 0 Å². The van der Waals surface area contributed by atoms with Crippen molar-refractivity contribution in [3.63, 3.8) is 0 Å². The SMILES string of the molecule is Cl[13C]1=[13C](Cl)[13C@]2(Cl)[13C@H]3[13C@H]([13C@@H]4[13CH]=[13CH][13C@H]3[13CH2]4)[13C@@]1(Cl)[13C]2(Cl)Cl. The molecule has 0 aromatic carbocycles. The van der Waals surface area contributed by atoms with Crippen LogP contribution < -0.4 is 0 Å². The van der Waals surface area contributed by atoms with Gasteiger partial charge in [-0.15, -0.1) is 23.2 Å². The van der Waals surface area contributed by atoms with Crippen LogP contribution in [0.25, 0.3) is 0 Å². The second-order valence-electron chi connectivity index (χ2n) is 5.63. The monoisotopic (exact) mass is 374 g/mol. The van der Waals surface area contributed by atoms with Gasteiger partial charge in [-0.05, 0) is 30.1 Å². The van der Waals surface area contributed by atoms with Gasteiger partial charge in [0.25, 0.3) is 0 Å². The highest BCUT2D eigenvalue weighted by Gasteiger charge is 2.85. The average molecular weight is 377 g/mol. The first-order valence-corrected chi connectivity index (χ1v) is 8.05. The third-order valence-electron chi connectivity index (χ3n) is 5.12. The number of allylic oxidation sites excluding steroid dienone is 4. The van der Waals surface area contributed by atoms with Crippen LogP contribution >= 0.6 is 69.6 Å². The largest absolute Gasteiger partial charge is 0.166 e. The number of rotatable bonds is 0. The molecule has 6 atom stereocenters. The normalized spacial score (nSPS) is 58.8. The fraction of sp³-hybridized carbons (Fsp3) is 0.667. The van der Waals surface area contributed by atoms with E-state index in [4.69, 9.17) is 69.6 Å². The zero-order valence-electron chi connectivity index (χ0n) is 8.94. The lowest BCUT2D eigenvalue weighted by Gasteiger charge is -2.37. The highest BCUT2D eigenvalue weighted by Crippen LogP contribution is 2.81. The Labute approximate surface area is 135 Å². The summed E-state index contributed by atoms with van der Waals surface area (Å²) in [6.45, 7) is 0. The van der Waals surface area contributed by atoms with E-state index in [1.54, 1.807) is 0 Å². The molecular formula is C12H8Cl6. The standard InChI is InChI=1S/C12H8Cl6/c13-8-9(14)11(16)7-5-2-1-4(3-5)6(7)10(8,15)12(11,17)18/h1-2,4-7H,3H2/t4-,5+,6+,7-,10+,11-/i1+1,2+1,3+1,4+1,5+1,6+1,7+1,8+1,9+1,10+1,11+1,12+1. The molecule has 4 aliphatic carbocycles. The minimum Gasteiger partial charge on any atom is -0.109 e. The molecule has 0 heterocycles. The Morgan fingerprint density at radius 3 is 1.61 bits per heavy atom. The first-order chi connectivity index (χ1) is 8.28. The van der Waals surface area contributed by atoms with E-state index >= 15 is 0 Å². The number of alkyl halides is 4. The van der Waals surface area contributed by atoms with E-state index in [1.807, 2.05) is 0 Å². The average Bonchev–Trinajstić information content (AvgIpc) is 2.97. The molecule has 0 spiro atoms. The van der Waals surface area contributed by atoms with E-state index in [9.17, 15) is 0 Å². The molecule has 4 aliphatic rings. The Bertz CT molecular complexity index is 481. The molecule has 4 bridgehead atoms. The van der Waals surface area contributed by atoms with Gasteiger partial charge in [-0.2, -0.15) is 0 Å². The molecule has 0 saturated heterocycles. The molecule has 2 saturated carbocycles. The van der Waals surface area contributed by atoms with Crippen molar-refractivity contribution in [2.75, 3.05) is 0 Å². The van der Waals surface area contributed by atoms with Crippen molar-refractivity contribution in [1.29, 1.82) is 0 Å². The smallest absolute Gasteiger partial charge is 0.109 e. The van der Waals surface area contributed by atoms with Gasteiger partial charge in [0.1, 0.15) is 9.75 Å². The number of fused-ring (bicyclic) bond motifs is 9. The van der Waals surface area contributed by atoms with Gasteiger partial charge in [-0.3, -0.25) is 0 Å². The maximum absolute atomic E-state index is 6.76. The maximum atomic E-state index is 6.76. The summed E-state index contributed by atoms with van der Waals surface area (Å²) in [6.07, 6.45) is 5.40. The van der Waals surface area contributed by atoms with Crippen LogP contribution in [0.15, 0.2) is 22.2 Å². The van der Waals surface area contributed by atoms with Gasteiger partial charge < -0.3 is 0 Å². The van der Waals surface area contributed by atoms with Crippen LogP contribution in [0.4, 0.5) is 0 Å². The summed E-state index contributed by atoms with van der Waals surface area (Å²) in [4.78, 5) is -2.13. The molecule has 0 N–H and O–H groups in total. The van der Waals surface area contributed by atoms with Gasteiger partial charge in [0.05, 0.1) is 10.1 Å². The minimum atomic E-state index is -1.37. The van der Waals surface area contributed by atoms with Crippen molar-refractivity contribution in [2.45, 2.75) is 20.5 Å². The van der Waals surface area contributed by atoms with E-state index in [0.29, 0.717) is 21.9 Å². The summed E-state index contributed by atoms with van der Waals surface area (Å²) >= 11 is 39.2. The van der Waals surface area contributed by atoms with Gasteiger partial charge in [0, 0.05) is 0 Å². The third kappa shape index (κ3) is 0.973.